The molecule has 1 aromatic carbocycles. The zero-order valence-corrected chi connectivity index (χ0v) is 12.9. The molecule has 0 spiro atoms. The molecule has 7 nitrogen and oxygen atoms in total. The molecular weight excluding hydrogens is 290 g/mol. The lowest BCUT2D eigenvalue weighted by molar-refractivity contribution is 0.239. The summed E-state index contributed by atoms with van der Waals surface area (Å²) < 4.78 is 0. The summed E-state index contributed by atoms with van der Waals surface area (Å²) in [7, 11) is 0. The first kappa shape index (κ1) is 14.1. The molecular formula is C16H19N7. The largest absolute Gasteiger partial charge is 0.338 e. The van der Waals surface area contributed by atoms with Crippen LogP contribution in [0.4, 0.5) is 5.95 Å². The van der Waals surface area contributed by atoms with Crippen molar-refractivity contribution >= 4 is 17.0 Å². The Morgan fingerprint density at radius 1 is 0.783 bits per heavy atom. The van der Waals surface area contributed by atoms with Gasteiger partial charge in [0.1, 0.15) is 11.0 Å². The van der Waals surface area contributed by atoms with Gasteiger partial charge in [-0.15, -0.1) is 0 Å². The van der Waals surface area contributed by atoms with Crippen molar-refractivity contribution in [3.05, 3.63) is 42.7 Å². The fraction of sp³-hybridized carbons (Fsp3) is 0.375. The Labute approximate surface area is 134 Å². The molecule has 0 atom stereocenters. The Bertz CT molecular complexity index is 729. The minimum atomic E-state index is 0.816. The highest BCUT2D eigenvalue weighted by atomic mass is 15.5. The summed E-state index contributed by atoms with van der Waals surface area (Å²) in [6.07, 6.45) is 3.59. The number of benzene rings is 1. The number of nitrogens with zero attached hydrogens (tertiary/aromatic N) is 7. The van der Waals surface area contributed by atoms with Gasteiger partial charge in [0.05, 0.1) is 6.54 Å². The molecule has 1 fully saturated rings. The van der Waals surface area contributed by atoms with Crippen molar-refractivity contribution in [1.29, 1.82) is 0 Å². The monoisotopic (exact) mass is 309 g/mol. The average Bonchev–Trinajstić information content (AvgIpc) is 3.04. The van der Waals surface area contributed by atoms with Crippen LogP contribution in [0.3, 0.4) is 0 Å². The second-order valence-electron chi connectivity index (χ2n) is 5.66. The van der Waals surface area contributed by atoms with Crippen LogP contribution in [-0.2, 0) is 6.54 Å². The fourth-order valence-electron chi connectivity index (χ4n) is 2.86. The van der Waals surface area contributed by atoms with Gasteiger partial charge in [0, 0.05) is 45.1 Å². The van der Waals surface area contributed by atoms with E-state index in [0.29, 0.717) is 0 Å². The van der Waals surface area contributed by atoms with E-state index in [1.165, 1.54) is 0 Å². The Morgan fingerprint density at radius 3 is 2.09 bits per heavy atom. The van der Waals surface area contributed by atoms with Gasteiger partial charge in [-0.1, -0.05) is 12.1 Å². The van der Waals surface area contributed by atoms with Crippen LogP contribution in [-0.4, -0.2) is 62.6 Å². The van der Waals surface area contributed by atoms with Gasteiger partial charge in [-0.25, -0.2) is 9.97 Å². The standard InChI is InChI=1S/C16H19N7/c1-2-5-15-14(4-1)19-23(20-15)13-10-21-8-11-22(12-9-21)16-17-6-3-7-18-16/h1-7H,8-13H2. The van der Waals surface area contributed by atoms with E-state index in [2.05, 4.69) is 30.0 Å². The van der Waals surface area contributed by atoms with Crippen LogP contribution in [0.5, 0.6) is 0 Å². The number of fused-ring (bicyclic) bond motifs is 1. The molecule has 23 heavy (non-hydrogen) atoms. The van der Waals surface area contributed by atoms with E-state index in [4.69, 9.17) is 0 Å². The van der Waals surface area contributed by atoms with Crippen LogP contribution in [0.25, 0.3) is 11.0 Å². The molecule has 0 unspecified atom stereocenters. The van der Waals surface area contributed by atoms with Crippen molar-refractivity contribution < 1.29 is 0 Å². The number of aromatic nitrogens is 5. The number of rotatable bonds is 4. The summed E-state index contributed by atoms with van der Waals surface area (Å²) in [5.41, 5.74) is 1.91. The lowest BCUT2D eigenvalue weighted by atomic mass is 10.3. The average molecular weight is 309 g/mol. The van der Waals surface area contributed by atoms with Crippen LogP contribution in [0.2, 0.25) is 0 Å². The lowest BCUT2D eigenvalue weighted by Gasteiger charge is -2.34. The summed E-state index contributed by atoms with van der Waals surface area (Å²) in [6.45, 7) is 5.72. The number of hydrogen-bond donors (Lipinski definition) is 0. The molecule has 3 aromatic rings. The maximum Gasteiger partial charge on any atom is 0.225 e. The van der Waals surface area contributed by atoms with Gasteiger partial charge in [0.25, 0.3) is 0 Å². The van der Waals surface area contributed by atoms with Crippen molar-refractivity contribution in [2.45, 2.75) is 6.54 Å². The van der Waals surface area contributed by atoms with Crippen LogP contribution in [0, 0.1) is 0 Å². The third-order valence-corrected chi connectivity index (χ3v) is 4.15. The van der Waals surface area contributed by atoms with E-state index in [1.807, 2.05) is 30.3 Å². The van der Waals surface area contributed by atoms with Gasteiger partial charge in [-0.3, -0.25) is 4.90 Å². The molecule has 118 valence electrons. The van der Waals surface area contributed by atoms with Gasteiger partial charge in [-0.2, -0.15) is 15.0 Å². The highest BCUT2D eigenvalue weighted by molar-refractivity contribution is 5.72. The van der Waals surface area contributed by atoms with Crippen LogP contribution >= 0.6 is 0 Å². The third kappa shape index (κ3) is 3.14. The molecule has 1 saturated heterocycles. The van der Waals surface area contributed by atoms with E-state index < -0.39 is 0 Å². The van der Waals surface area contributed by atoms with Crippen LogP contribution in [0.1, 0.15) is 0 Å². The van der Waals surface area contributed by atoms with Crippen LogP contribution < -0.4 is 4.90 Å². The Morgan fingerprint density at radius 2 is 1.43 bits per heavy atom. The third-order valence-electron chi connectivity index (χ3n) is 4.15. The predicted octanol–water partition coefficient (Wildman–Crippen LogP) is 1.04. The molecule has 0 aliphatic carbocycles. The summed E-state index contributed by atoms with van der Waals surface area (Å²) >= 11 is 0. The zero-order valence-electron chi connectivity index (χ0n) is 12.9. The van der Waals surface area contributed by atoms with Crippen molar-refractivity contribution in [2.24, 2.45) is 0 Å². The summed E-state index contributed by atoms with van der Waals surface area (Å²) in [5, 5.41) is 9.02. The van der Waals surface area contributed by atoms with Gasteiger partial charge in [-0.05, 0) is 18.2 Å². The van der Waals surface area contributed by atoms with Crippen molar-refractivity contribution in [3.63, 3.8) is 0 Å². The SMILES string of the molecule is c1cnc(N2CCN(CCn3nc4ccccc4n3)CC2)nc1. The maximum atomic E-state index is 4.51. The molecule has 4 rings (SSSR count). The first-order valence-electron chi connectivity index (χ1n) is 7.93. The molecule has 0 N–H and O–H groups in total. The van der Waals surface area contributed by atoms with Crippen molar-refractivity contribution in [3.8, 4) is 0 Å². The van der Waals surface area contributed by atoms with Gasteiger partial charge in [0.2, 0.25) is 5.95 Å². The smallest absolute Gasteiger partial charge is 0.225 e. The fourth-order valence-corrected chi connectivity index (χ4v) is 2.86. The van der Waals surface area contributed by atoms with Crippen molar-refractivity contribution in [2.75, 3.05) is 37.6 Å². The van der Waals surface area contributed by atoms with E-state index in [9.17, 15) is 0 Å². The topological polar surface area (TPSA) is 63.0 Å². The normalized spacial score (nSPS) is 16.1. The molecule has 0 bridgehead atoms. The first-order valence-corrected chi connectivity index (χ1v) is 7.93. The summed E-state index contributed by atoms with van der Waals surface area (Å²) in [5.74, 6) is 0.826. The molecule has 1 aliphatic heterocycles. The van der Waals surface area contributed by atoms with Gasteiger partial charge < -0.3 is 4.90 Å². The zero-order chi connectivity index (χ0) is 15.5. The lowest BCUT2D eigenvalue weighted by Crippen LogP contribution is -2.47. The Kier molecular flexibility index (Phi) is 3.85. The molecule has 1 aliphatic rings. The van der Waals surface area contributed by atoms with Crippen molar-refractivity contribution in [1.82, 2.24) is 29.9 Å². The highest BCUT2D eigenvalue weighted by Gasteiger charge is 2.18. The second-order valence-corrected chi connectivity index (χ2v) is 5.66. The van der Waals surface area contributed by atoms with E-state index in [-0.39, 0.29) is 0 Å². The number of hydrogen-bond acceptors (Lipinski definition) is 6. The second kappa shape index (κ2) is 6.29. The van der Waals surface area contributed by atoms with Gasteiger partial charge >= 0.3 is 0 Å². The van der Waals surface area contributed by atoms with Crippen LogP contribution in [0.15, 0.2) is 42.7 Å². The molecule has 0 radical (unpaired) electrons. The summed E-state index contributed by atoms with van der Waals surface area (Å²) in [4.78, 5) is 15.1. The van der Waals surface area contributed by atoms with Gasteiger partial charge in [0.15, 0.2) is 0 Å². The number of anilines is 1. The minimum absolute atomic E-state index is 0.816. The molecule has 0 amide bonds. The molecule has 2 aromatic heterocycles. The maximum absolute atomic E-state index is 4.51. The quantitative estimate of drug-likeness (QED) is 0.718. The van der Waals surface area contributed by atoms with E-state index >= 15 is 0 Å². The number of piperazine rings is 1. The molecule has 7 heteroatoms. The molecule has 3 heterocycles. The van der Waals surface area contributed by atoms with E-state index in [1.54, 1.807) is 17.2 Å². The molecule has 0 saturated carbocycles. The Balaban J connectivity index is 1.31. The summed E-state index contributed by atoms with van der Waals surface area (Å²) in [6, 6.07) is 9.83. The Hall–Kier alpha value is -2.54. The first-order chi connectivity index (χ1) is 11.4. The predicted molar refractivity (Wildman–Crippen MR) is 88.2 cm³/mol. The minimum Gasteiger partial charge on any atom is -0.338 e. The van der Waals surface area contributed by atoms with E-state index in [0.717, 1.165) is 56.3 Å². The highest BCUT2D eigenvalue weighted by Crippen LogP contribution is 2.10.